The van der Waals surface area contributed by atoms with Gasteiger partial charge in [0.15, 0.2) is 0 Å². The lowest BCUT2D eigenvalue weighted by Gasteiger charge is -2.24. The van der Waals surface area contributed by atoms with Crippen LogP contribution >= 0.6 is 7.82 Å². The first-order valence-electron chi connectivity index (χ1n) is 9.00. The average molecular weight is 378 g/mol. The van der Waals surface area contributed by atoms with Gasteiger partial charge in [-0.05, 0) is 51.4 Å². The third-order valence-electron chi connectivity index (χ3n) is 3.89. The largest absolute Gasteiger partial charge is 0.470 e. The van der Waals surface area contributed by atoms with Crippen LogP contribution < -0.4 is 0 Å². The Hall–Kier alpha value is -0.550. The Balaban J connectivity index is 3.84. The first-order valence-corrected chi connectivity index (χ1v) is 10.5. The van der Waals surface area contributed by atoms with Gasteiger partial charge in [0.1, 0.15) is 11.6 Å². The van der Waals surface area contributed by atoms with Crippen LogP contribution in [-0.2, 0) is 18.7 Å². The second-order valence-corrected chi connectivity index (χ2v) is 9.70. The van der Waals surface area contributed by atoms with Crippen molar-refractivity contribution in [1.29, 1.82) is 0 Å². The molecule has 0 aliphatic heterocycles. The molecule has 6 nitrogen and oxygen atoms in total. The predicted octanol–water partition coefficient (Wildman–Crippen LogP) is 4.57. The van der Waals surface area contributed by atoms with Gasteiger partial charge in [-0.1, -0.05) is 20.8 Å². The summed E-state index contributed by atoms with van der Waals surface area (Å²) in [4.78, 5) is 41.3. The van der Waals surface area contributed by atoms with Crippen molar-refractivity contribution in [3.8, 4) is 0 Å². The molecule has 0 saturated heterocycles. The lowest BCUT2D eigenvalue weighted by Crippen LogP contribution is -2.23. The van der Waals surface area contributed by atoms with E-state index in [9.17, 15) is 14.2 Å². The average Bonchev–Trinajstić information content (AvgIpc) is 2.33. The van der Waals surface area contributed by atoms with Gasteiger partial charge in [0.05, 0.1) is 5.60 Å². The molecule has 0 heterocycles. The summed E-state index contributed by atoms with van der Waals surface area (Å²) in [5, 5.41) is 0. The molecule has 0 aromatic carbocycles. The third-order valence-corrected chi connectivity index (χ3v) is 4.63. The van der Waals surface area contributed by atoms with Crippen LogP contribution in [0.15, 0.2) is 0 Å². The zero-order valence-electron chi connectivity index (χ0n) is 16.3. The summed E-state index contributed by atoms with van der Waals surface area (Å²) in [5.74, 6) is 0.294. The molecule has 2 N–H and O–H groups in total. The van der Waals surface area contributed by atoms with E-state index in [1.54, 1.807) is 13.8 Å². The SMILES string of the molecule is CC(C)(C)CCCC(=O)CCCC(=O)CCCC(C)(C)OP(=O)(O)O. The van der Waals surface area contributed by atoms with E-state index in [-0.39, 0.29) is 17.0 Å². The van der Waals surface area contributed by atoms with Gasteiger partial charge in [-0.25, -0.2) is 4.57 Å². The van der Waals surface area contributed by atoms with Crippen LogP contribution in [0.1, 0.15) is 92.4 Å². The summed E-state index contributed by atoms with van der Waals surface area (Å²) >= 11 is 0. The molecule has 0 aromatic rings. The molecule has 0 amide bonds. The molecule has 0 saturated carbocycles. The molecule has 0 bridgehead atoms. The van der Waals surface area contributed by atoms with Crippen LogP contribution in [0.3, 0.4) is 0 Å². The lowest BCUT2D eigenvalue weighted by molar-refractivity contribution is -0.120. The van der Waals surface area contributed by atoms with E-state index in [0.717, 1.165) is 12.8 Å². The Morgan fingerprint density at radius 3 is 1.60 bits per heavy atom. The standard InChI is InChI=1S/C18H35O6P/c1-17(2,3)13-7-11-15(19)9-6-10-16(20)12-8-14-18(4,5)24-25(21,22)23/h6-14H2,1-5H3,(H2,21,22,23). The van der Waals surface area contributed by atoms with Gasteiger partial charge in [-0.2, -0.15) is 0 Å². The number of phosphoric ester groups is 1. The minimum atomic E-state index is -4.52. The van der Waals surface area contributed by atoms with E-state index >= 15 is 0 Å². The van der Waals surface area contributed by atoms with E-state index in [0.29, 0.717) is 44.9 Å². The molecule has 7 heteroatoms. The third kappa shape index (κ3) is 16.7. The summed E-state index contributed by atoms with van der Waals surface area (Å²) in [6, 6.07) is 0. The minimum absolute atomic E-state index is 0.0782. The highest BCUT2D eigenvalue weighted by Gasteiger charge is 2.28. The van der Waals surface area contributed by atoms with Gasteiger partial charge in [0.2, 0.25) is 0 Å². The Kier molecular flexibility index (Phi) is 10.3. The van der Waals surface area contributed by atoms with Crippen molar-refractivity contribution in [3.05, 3.63) is 0 Å². The van der Waals surface area contributed by atoms with E-state index < -0.39 is 13.4 Å². The van der Waals surface area contributed by atoms with Crippen molar-refractivity contribution in [2.24, 2.45) is 5.41 Å². The van der Waals surface area contributed by atoms with E-state index in [2.05, 4.69) is 20.8 Å². The Labute approximate surface area is 152 Å². The molecule has 0 aromatic heterocycles. The first-order chi connectivity index (χ1) is 11.2. The highest BCUT2D eigenvalue weighted by Crippen LogP contribution is 2.42. The number of ketones is 2. The number of carbonyl (C=O) groups excluding carboxylic acids is 2. The fourth-order valence-electron chi connectivity index (χ4n) is 2.63. The van der Waals surface area contributed by atoms with Gasteiger partial charge >= 0.3 is 7.82 Å². The molecular formula is C18H35O6P. The van der Waals surface area contributed by atoms with Gasteiger partial charge in [0.25, 0.3) is 0 Å². The summed E-state index contributed by atoms with van der Waals surface area (Å²) in [5.41, 5.74) is -0.726. The number of carbonyl (C=O) groups is 2. The fourth-order valence-corrected chi connectivity index (χ4v) is 3.36. The molecule has 25 heavy (non-hydrogen) atoms. The molecule has 0 rings (SSSR count). The topological polar surface area (TPSA) is 101 Å². The second-order valence-electron chi connectivity index (χ2n) is 8.54. The predicted molar refractivity (Wildman–Crippen MR) is 98.2 cm³/mol. The molecular weight excluding hydrogens is 343 g/mol. The maximum atomic E-state index is 11.8. The molecule has 0 unspecified atom stereocenters. The first kappa shape index (κ1) is 24.5. The lowest BCUT2D eigenvalue weighted by atomic mass is 9.89. The summed E-state index contributed by atoms with van der Waals surface area (Å²) < 4.78 is 15.5. The zero-order chi connectivity index (χ0) is 19.7. The molecule has 0 atom stereocenters. The number of rotatable bonds is 13. The molecule has 148 valence electrons. The summed E-state index contributed by atoms with van der Waals surface area (Å²) in [6.45, 7) is 9.65. The van der Waals surface area contributed by atoms with Crippen LogP contribution in [0, 0.1) is 5.41 Å². The van der Waals surface area contributed by atoms with Crippen LogP contribution in [0.2, 0.25) is 0 Å². The van der Waals surface area contributed by atoms with Gasteiger partial charge in [-0.15, -0.1) is 0 Å². The Morgan fingerprint density at radius 1 is 0.800 bits per heavy atom. The van der Waals surface area contributed by atoms with Gasteiger partial charge < -0.3 is 9.79 Å². The second kappa shape index (κ2) is 10.6. The highest BCUT2D eigenvalue weighted by molar-refractivity contribution is 7.46. The normalized spacial score (nSPS) is 13.1. The molecule has 0 aliphatic rings. The number of hydrogen-bond donors (Lipinski definition) is 2. The van der Waals surface area contributed by atoms with Gasteiger partial charge in [-0.3, -0.25) is 14.1 Å². The van der Waals surface area contributed by atoms with Crippen LogP contribution in [0.5, 0.6) is 0 Å². The Morgan fingerprint density at radius 2 is 1.20 bits per heavy atom. The Bertz CT molecular complexity index is 472. The highest BCUT2D eigenvalue weighted by atomic mass is 31.2. The quantitative estimate of drug-likeness (QED) is 0.455. The zero-order valence-corrected chi connectivity index (χ0v) is 17.2. The van der Waals surface area contributed by atoms with E-state index in [4.69, 9.17) is 14.3 Å². The molecule has 0 spiro atoms. The fraction of sp³-hybridized carbons (Fsp3) is 0.889. The van der Waals surface area contributed by atoms with Crippen molar-refractivity contribution in [2.75, 3.05) is 0 Å². The van der Waals surface area contributed by atoms with Crippen LogP contribution in [0.4, 0.5) is 0 Å². The monoisotopic (exact) mass is 378 g/mol. The molecule has 0 aliphatic carbocycles. The molecule has 0 fully saturated rings. The number of Topliss-reactive ketones (excluding diaryl/α,β-unsaturated/α-hetero) is 2. The van der Waals surface area contributed by atoms with Crippen molar-refractivity contribution in [1.82, 2.24) is 0 Å². The van der Waals surface area contributed by atoms with E-state index in [1.165, 1.54) is 0 Å². The van der Waals surface area contributed by atoms with Crippen LogP contribution in [0.25, 0.3) is 0 Å². The minimum Gasteiger partial charge on any atom is -0.303 e. The van der Waals surface area contributed by atoms with Crippen molar-refractivity contribution < 1.29 is 28.5 Å². The van der Waals surface area contributed by atoms with Crippen LogP contribution in [-0.4, -0.2) is 27.0 Å². The maximum Gasteiger partial charge on any atom is 0.470 e. The van der Waals surface area contributed by atoms with Crippen molar-refractivity contribution in [3.63, 3.8) is 0 Å². The van der Waals surface area contributed by atoms with Gasteiger partial charge in [0, 0.05) is 25.7 Å². The van der Waals surface area contributed by atoms with Crippen molar-refractivity contribution in [2.45, 2.75) is 98.0 Å². The van der Waals surface area contributed by atoms with E-state index in [1.807, 2.05) is 0 Å². The number of hydrogen-bond acceptors (Lipinski definition) is 4. The summed E-state index contributed by atoms with van der Waals surface area (Å²) in [7, 11) is -4.52. The maximum absolute atomic E-state index is 11.8. The van der Waals surface area contributed by atoms with Crippen molar-refractivity contribution >= 4 is 19.4 Å². The molecule has 0 radical (unpaired) electrons. The smallest absolute Gasteiger partial charge is 0.303 e. The number of phosphoric acid groups is 1. The summed E-state index contributed by atoms with van der Waals surface area (Å²) in [6.07, 6.45) is 5.13.